The zero-order valence-electron chi connectivity index (χ0n) is 26.3. The van der Waals surface area contributed by atoms with E-state index >= 15 is 0 Å². The molecule has 46 heavy (non-hydrogen) atoms. The Morgan fingerprint density at radius 3 is 2.80 bits per heavy atom. The van der Waals surface area contributed by atoms with E-state index in [-0.39, 0.29) is 34.3 Å². The van der Waals surface area contributed by atoms with Gasteiger partial charge >= 0.3 is 0 Å². The summed E-state index contributed by atoms with van der Waals surface area (Å²) in [7, 11) is -1.60. The third-order valence-electron chi connectivity index (χ3n) is 10.9. The minimum Gasteiger partial charge on any atom is -0.490 e. The normalized spacial score (nSPS) is 33.4. The number of hydrogen-bond acceptors (Lipinski definition) is 7. The summed E-state index contributed by atoms with van der Waals surface area (Å²) in [6.07, 6.45) is 10.9. The SMILES string of the molecule is CC1C/C=C/[C@](O)(c2cccnn2)C2CCC2CN2C[C@@]3(CCCc4cc(Cl)ccc43)COc3ccc(cc32)C(=O)NS(=O)C1C. The standard InChI is InChI=1S/C36H41ClN4O4S/c1-23-6-3-16-36(43,33-8-5-17-38-39-33)30-12-9-27(30)20-41-21-35(15-4-7-25-18-28(37)11-13-29(25)35)22-45-32-14-10-26(19-31(32)41)34(42)40-46(44)24(23)2/h3,5,8,10-11,13-14,16-19,23-24,27,30,43H,4,6-7,9,12,15,20-22H2,1-2H3,(H,40,42)/b16-3+/t23?,24?,27?,30?,35-,36+,46?/m0/s1. The molecular formula is C36H41ClN4O4S. The number of aryl methyl sites for hydroxylation is 1. The van der Waals surface area contributed by atoms with E-state index in [1.165, 1.54) is 11.1 Å². The molecule has 2 aliphatic heterocycles. The van der Waals surface area contributed by atoms with Gasteiger partial charge < -0.3 is 14.7 Å². The van der Waals surface area contributed by atoms with Crippen LogP contribution in [0.15, 0.2) is 66.9 Å². The van der Waals surface area contributed by atoms with Crippen LogP contribution in [0.1, 0.15) is 73.1 Å². The molecule has 5 unspecified atom stereocenters. The van der Waals surface area contributed by atoms with Gasteiger partial charge in [-0.15, -0.1) is 0 Å². The first kappa shape index (κ1) is 31.3. The van der Waals surface area contributed by atoms with Gasteiger partial charge in [-0.25, -0.2) is 4.21 Å². The number of amides is 1. The van der Waals surface area contributed by atoms with E-state index < -0.39 is 16.6 Å². The monoisotopic (exact) mass is 660 g/mol. The van der Waals surface area contributed by atoms with Crippen LogP contribution in [-0.2, 0) is 28.4 Å². The van der Waals surface area contributed by atoms with Crippen LogP contribution in [0.5, 0.6) is 5.75 Å². The third kappa shape index (κ3) is 5.64. The van der Waals surface area contributed by atoms with Crippen LogP contribution in [0, 0.1) is 17.8 Å². The van der Waals surface area contributed by atoms with Crippen molar-refractivity contribution in [3.63, 3.8) is 0 Å². The molecule has 2 aromatic carbocycles. The molecule has 7 rings (SSSR count). The van der Waals surface area contributed by atoms with Crippen molar-refractivity contribution in [2.75, 3.05) is 24.6 Å². The second-order valence-corrected chi connectivity index (χ2v) is 15.7. The zero-order chi connectivity index (χ0) is 32.1. The number of hydrogen-bond donors (Lipinski definition) is 2. The van der Waals surface area contributed by atoms with E-state index in [2.05, 4.69) is 32.0 Å². The van der Waals surface area contributed by atoms with Crippen molar-refractivity contribution in [2.45, 2.75) is 68.6 Å². The smallest absolute Gasteiger partial charge is 0.263 e. The summed E-state index contributed by atoms with van der Waals surface area (Å²) in [6.45, 7) is 5.78. The Morgan fingerprint density at radius 1 is 1.15 bits per heavy atom. The molecule has 8 nitrogen and oxygen atoms in total. The summed E-state index contributed by atoms with van der Waals surface area (Å²) in [5, 5.41) is 21.4. The lowest BCUT2D eigenvalue weighted by atomic mass is 9.63. The number of fused-ring (bicyclic) bond motifs is 4. The van der Waals surface area contributed by atoms with E-state index in [0.717, 1.165) is 48.6 Å². The van der Waals surface area contributed by atoms with Crippen molar-refractivity contribution < 1.29 is 18.8 Å². The highest BCUT2D eigenvalue weighted by atomic mass is 35.5. The molecule has 7 atom stereocenters. The molecule has 1 spiro atoms. The molecule has 3 aromatic rings. The summed E-state index contributed by atoms with van der Waals surface area (Å²) in [5.74, 6) is 0.426. The predicted octanol–water partition coefficient (Wildman–Crippen LogP) is 5.90. The van der Waals surface area contributed by atoms with Crippen molar-refractivity contribution in [2.24, 2.45) is 17.8 Å². The average molecular weight is 661 g/mol. The lowest BCUT2D eigenvalue weighted by Crippen LogP contribution is -2.51. The summed E-state index contributed by atoms with van der Waals surface area (Å²) < 4.78 is 22.7. The largest absolute Gasteiger partial charge is 0.490 e. The number of nitrogens with zero attached hydrogens (tertiary/aromatic N) is 3. The van der Waals surface area contributed by atoms with Gasteiger partial charge in [0.25, 0.3) is 5.91 Å². The average Bonchev–Trinajstić information content (AvgIpc) is 3.19. The molecule has 2 aliphatic carbocycles. The summed E-state index contributed by atoms with van der Waals surface area (Å²) in [6, 6.07) is 15.4. The van der Waals surface area contributed by atoms with Crippen LogP contribution in [0.4, 0.5) is 5.69 Å². The Kier molecular flexibility index (Phi) is 8.44. The highest BCUT2D eigenvalue weighted by Gasteiger charge is 2.49. The molecule has 4 aliphatic rings. The fourth-order valence-corrected chi connectivity index (χ4v) is 9.14. The number of ether oxygens (including phenoxy) is 1. The Morgan fingerprint density at radius 2 is 2.02 bits per heavy atom. The number of carbonyl (C=O) groups excluding carboxylic acids is 1. The molecule has 1 aromatic heterocycles. The van der Waals surface area contributed by atoms with E-state index in [4.69, 9.17) is 16.3 Å². The highest BCUT2D eigenvalue weighted by molar-refractivity contribution is 7.84. The number of aromatic nitrogens is 2. The van der Waals surface area contributed by atoms with Crippen LogP contribution < -0.4 is 14.4 Å². The fraction of sp³-hybridized carbons (Fsp3) is 0.472. The van der Waals surface area contributed by atoms with Gasteiger partial charge in [0.1, 0.15) is 22.3 Å². The van der Waals surface area contributed by atoms with Crippen LogP contribution >= 0.6 is 11.6 Å². The van der Waals surface area contributed by atoms with Gasteiger partial charge in [0.15, 0.2) is 0 Å². The second-order valence-electron chi connectivity index (χ2n) is 13.7. The fourth-order valence-electron chi connectivity index (χ4n) is 7.93. The van der Waals surface area contributed by atoms with Gasteiger partial charge in [0.2, 0.25) is 0 Å². The van der Waals surface area contributed by atoms with E-state index in [0.29, 0.717) is 37.4 Å². The lowest BCUT2D eigenvalue weighted by Gasteiger charge is -2.48. The molecule has 3 heterocycles. The molecule has 1 fully saturated rings. The number of aliphatic hydroxyl groups is 1. The molecule has 10 heteroatoms. The van der Waals surface area contributed by atoms with Crippen LogP contribution in [-0.4, -0.2) is 50.4 Å². The lowest BCUT2D eigenvalue weighted by molar-refractivity contribution is -0.0535. The van der Waals surface area contributed by atoms with Crippen molar-refractivity contribution in [3.8, 4) is 5.75 Å². The first-order valence-electron chi connectivity index (χ1n) is 16.4. The van der Waals surface area contributed by atoms with Gasteiger partial charge in [-0.2, -0.15) is 10.2 Å². The van der Waals surface area contributed by atoms with E-state index in [1.54, 1.807) is 12.3 Å². The number of benzene rings is 2. The number of allylic oxidation sites excluding steroid dienone is 1. The van der Waals surface area contributed by atoms with Crippen LogP contribution in [0.25, 0.3) is 0 Å². The minimum atomic E-state index is -1.60. The van der Waals surface area contributed by atoms with Gasteiger partial charge in [-0.1, -0.05) is 36.7 Å². The topological polar surface area (TPSA) is 105 Å². The first-order valence-corrected chi connectivity index (χ1v) is 18.0. The Bertz CT molecular complexity index is 1690. The predicted molar refractivity (Wildman–Crippen MR) is 180 cm³/mol. The molecule has 1 saturated carbocycles. The summed E-state index contributed by atoms with van der Waals surface area (Å²) in [4.78, 5) is 15.8. The van der Waals surface area contributed by atoms with Crippen molar-refractivity contribution >= 4 is 34.2 Å². The molecule has 2 N–H and O–H groups in total. The maximum atomic E-state index is 13.5. The second kappa shape index (κ2) is 12.4. The van der Waals surface area contributed by atoms with Crippen molar-refractivity contribution in [3.05, 3.63) is 94.3 Å². The third-order valence-corrected chi connectivity index (χ3v) is 12.7. The van der Waals surface area contributed by atoms with Gasteiger partial charge in [-0.3, -0.25) is 9.52 Å². The highest BCUT2D eigenvalue weighted by Crippen LogP contribution is 2.50. The van der Waals surface area contributed by atoms with Gasteiger partial charge in [0.05, 0.1) is 23.2 Å². The van der Waals surface area contributed by atoms with E-state index in [9.17, 15) is 14.1 Å². The number of halogens is 1. The summed E-state index contributed by atoms with van der Waals surface area (Å²) >= 11 is 6.44. The molecule has 0 radical (unpaired) electrons. The van der Waals surface area contributed by atoms with Crippen molar-refractivity contribution in [1.29, 1.82) is 0 Å². The Balaban J connectivity index is 1.33. The summed E-state index contributed by atoms with van der Waals surface area (Å²) in [5.41, 5.74) is 2.78. The number of nitrogens with one attached hydrogen (secondary N) is 1. The number of carbonyl (C=O) groups is 1. The van der Waals surface area contributed by atoms with Gasteiger partial charge in [0, 0.05) is 41.2 Å². The maximum Gasteiger partial charge on any atom is 0.263 e. The quantitative estimate of drug-likeness (QED) is 0.314. The Hall–Kier alpha value is -3.27. The zero-order valence-corrected chi connectivity index (χ0v) is 27.9. The van der Waals surface area contributed by atoms with Crippen molar-refractivity contribution in [1.82, 2.24) is 14.9 Å². The maximum absolute atomic E-state index is 13.5. The molecule has 2 bridgehead atoms. The Labute approximate surface area is 278 Å². The number of anilines is 1. The van der Waals surface area contributed by atoms with Crippen LogP contribution in [0.3, 0.4) is 0 Å². The molecular weight excluding hydrogens is 620 g/mol. The van der Waals surface area contributed by atoms with E-state index in [1.807, 2.05) is 56.3 Å². The first-order chi connectivity index (χ1) is 22.2. The molecule has 0 saturated heterocycles. The minimum absolute atomic E-state index is 0.00559. The van der Waals surface area contributed by atoms with Gasteiger partial charge in [-0.05, 0) is 111 Å². The number of rotatable bonds is 1. The van der Waals surface area contributed by atoms with Crippen LogP contribution in [0.2, 0.25) is 5.02 Å². The molecule has 1 amide bonds. The molecule has 242 valence electrons.